The van der Waals surface area contributed by atoms with Crippen molar-refractivity contribution in [3.05, 3.63) is 65.7 Å². The molecule has 1 aliphatic rings. The molecule has 0 spiro atoms. The first-order chi connectivity index (χ1) is 14.6. The van der Waals surface area contributed by atoms with Crippen molar-refractivity contribution < 1.29 is 14.3 Å². The number of nitrogens with one attached hydrogen (secondary N) is 2. The van der Waals surface area contributed by atoms with Crippen LogP contribution in [0.3, 0.4) is 0 Å². The highest BCUT2D eigenvalue weighted by Crippen LogP contribution is 2.20. The topological polar surface area (TPSA) is 70.7 Å². The lowest BCUT2D eigenvalue weighted by molar-refractivity contribution is -0.115. The molecule has 2 aromatic carbocycles. The fourth-order valence-electron chi connectivity index (χ4n) is 3.32. The van der Waals surface area contributed by atoms with Gasteiger partial charge in [-0.2, -0.15) is 0 Å². The van der Waals surface area contributed by atoms with E-state index in [1.807, 2.05) is 41.3 Å². The van der Waals surface area contributed by atoms with E-state index in [0.717, 1.165) is 37.9 Å². The standard InChI is InChI=1S/C23H25N3O3S/c1-29-20-12-6-3-9-17(20)13-14-21(27)25-23(30)24-19-11-5-4-10-18(19)22(28)26-15-7-2-8-16-26/h3-6,9-14H,2,7-8,15-16H2,1H3,(H2,24,25,27,30). The van der Waals surface area contributed by atoms with E-state index in [0.29, 0.717) is 17.0 Å². The Hall–Kier alpha value is -3.19. The quantitative estimate of drug-likeness (QED) is 0.565. The number of amides is 2. The Morgan fingerprint density at radius 1 is 1.03 bits per heavy atom. The number of carbonyl (C=O) groups excluding carboxylic acids is 2. The number of ether oxygens (including phenoxy) is 1. The Kier molecular flexibility index (Phi) is 7.57. The third-order valence-electron chi connectivity index (χ3n) is 4.84. The average Bonchev–Trinajstić information content (AvgIpc) is 2.78. The Morgan fingerprint density at radius 2 is 1.73 bits per heavy atom. The number of carbonyl (C=O) groups is 2. The number of likely N-dealkylation sites (tertiary alicyclic amines) is 1. The molecular weight excluding hydrogens is 398 g/mol. The van der Waals surface area contributed by atoms with Crippen molar-refractivity contribution in [1.82, 2.24) is 10.2 Å². The second-order valence-corrected chi connectivity index (χ2v) is 7.33. The number of thiocarbonyl (C=S) groups is 1. The summed E-state index contributed by atoms with van der Waals surface area (Å²) in [4.78, 5) is 27.0. The van der Waals surface area contributed by atoms with Crippen LogP contribution in [-0.2, 0) is 4.79 Å². The molecule has 0 atom stereocenters. The molecular formula is C23H25N3O3S. The van der Waals surface area contributed by atoms with Crippen molar-refractivity contribution in [1.29, 1.82) is 0 Å². The van der Waals surface area contributed by atoms with Crippen molar-refractivity contribution in [2.24, 2.45) is 0 Å². The van der Waals surface area contributed by atoms with E-state index in [1.165, 1.54) is 6.08 Å². The Labute approximate surface area is 181 Å². The van der Waals surface area contributed by atoms with Gasteiger partial charge in [0, 0.05) is 24.7 Å². The number of hydrogen-bond acceptors (Lipinski definition) is 4. The summed E-state index contributed by atoms with van der Waals surface area (Å²) in [6, 6.07) is 14.6. The van der Waals surface area contributed by atoms with Crippen LogP contribution in [0.2, 0.25) is 0 Å². The van der Waals surface area contributed by atoms with E-state index < -0.39 is 0 Å². The maximum atomic E-state index is 12.9. The summed E-state index contributed by atoms with van der Waals surface area (Å²) in [5.41, 5.74) is 1.90. The van der Waals surface area contributed by atoms with Gasteiger partial charge < -0.3 is 15.0 Å². The number of rotatable bonds is 5. The van der Waals surface area contributed by atoms with Gasteiger partial charge in [0.1, 0.15) is 5.75 Å². The number of benzene rings is 2. The van der Waals surface area contributed by atoms with E-state index in [-0.39, 0.29) is 16.9 Å². The van der Waals surface area contributed by atoms with E-state index in [9.17, 15) is 9.59 Å². The van der Waals surface area contributed by atoms with Crippen LogP contribution in [0, 0.1) is 0 Å². The summed E-state index contributed by atoms with van der Waals surface area (Å²) in [5.74, 6) is 0.272. The average molecular weight is 424 g/mol. The third kappa shape index (κ3) is 5.67. The Bertz CT molecular complexity index is 952. The molecule has 0 radical (unpaired) electrons. The predicted molar refractivity (Wildman–Crippen MR) is 123 cm³/mol. The predicted octanol–water partition coefficient (Wildman–Crippen LogP) is 3.85. The van der Waals surface area contributed by atoms with Gasteiger partial charge >= 0.3 is 0 Å². The number of methoxy groups -OCH3 is 1. The lowest BCUT2D eigenvalue weighted by Gasteiger charge is -2.27. The molecule has 3 rings (SSSR count). The van der Waals surface area contributed by atoms with Crippen molar-refractivity contribution in [2.45, 2.75) is 19.3 Å². The molecule has 2 amide bonds. The molecule has 0 aromatic heterocycles. The summed E-state index contributed by atoms with van der Waals surface area (Å²) in [6.07, 6.45) is 6.24. The summed E-state index contributed by atoms with van der Waals surface area (Å²) < 4.78 is 5.27. The first-order valence-electron chi connectivity index (χ1n) is 9.90. The molecule has 0 unspecified atom stereocenters. The second kappa shape index (κ2) is 10.5. The van der Waals surface area contributed by atoms with Crippen molar-refractivity contribution in [3.63, 3.8) is 0 Å². The van der Waals surface area contributed by atoms with Gasteiger partial charge in [-0.15, -0.1) is 0 Å². The number of nitrogens with zero attached hydrogens (tertiary/aromatic N) is 1. The third-order valence-corrected chi connectivity index (χ3v) is 5.04. The minimum Gasteiger partial charge on any atom is -0.496 e. The zero-order valence-corrected chi connectivity index (χ0v) is 17.7. The molecule has 7 heteroatoms. The van der Waals surface area contributed by atoms with Crippen LogP contribution in [0.5, 0.6) is 5.75 Å². The molecule has 0 saturated carbocycles. The molecule has 6 nitrogen and oxygen atoms in total. The fraction of sp³-hybridized carbons (Fsp3) is 0.261. The first kappa shape index (κ1) is 21.5. The zero-order valence-electron chi connectivity index (χ0n) is 16.9. The van der Waals surface area contributed by atoms with E-state index in [1.54, 1.807) is 25.3 Å². The van der Waals surface area contributed by atoms with Crippen LogP contribution in [0.25, 0.3) is 6.08 Å². The van der Waals surface area contributed by atoms with E-state index in [4.69, 9.17) is 17.0 Å². The van der Waals surface area contributed by atoms with Crippen molar-refractivity contribution >= 4 is 40.9 Å². The minimum absolute atomic E-state index is 0.0250. The number of anilines is 1. The van der Waals surface area contributed by atoms with Gasteiger partial charge in [-0.25, -0.2) is 0 Å². The normalized spacial score (nSPS) is 13.7. The number of piperidine rings is 1. The lowest BCUT2D eigenvalue weighted by atomic mass is 10.1. The number of hydrogen-bond donors (Lipinski definition) is 2. The largest absolute Gasteiger partial charge is 0.496 e. The van der Waals surface area contributed by atoms with Crippen LogP contribution in [0.15, 0.2) is 54.6 Å². The molecule has 1 heterocycles. The van der Waals surface area contributed by atoms with Crippen molar-refractivity contribution in [3.8, 4) is 5.75 Å². The highest BCUT2D eigenvalue weighted by atomic mass is 32.1. The van der Waals surface area contributed by atoms with Gasteiger partial charge in [-0.1, -0.05) is 30.3 Å². The molecule has 1 aliphatic heterocycles. The van der Waals surface area contributed by atoms with E-state index >= 15 is 0 Å². The highest BCUT2D eigenvalue weighted by Gasteiger charge is 2.20. The van der Waals surface area contributed by atoms with Gasteiger partial charge in [0.15, 0.2) is 5.11 Å². The molecule has 2 aromatic rings. The van der Waals surface area contributed by atoms with Gasteiger partial charge in [0.05, 0.1) is 18.4 Å². The lowest BCUT2D eigenvalue weighted by Crippen LogP contribution is -2.37. The second-order valence-electron chi connectivity index (χ2n) is 6.92. The summed E-state index contributed by atoms with van der Waals surface area (Å²) in [5, 5.41) is 5.71. The number of para-hydroxylation sites is 2. The van der Waals surface area contributed by atoms with Gasteiger partial charge in [0.25, 0.3) is 5.91 Å². The Morgan fingerprint density at radius 3 is 2.50 bits per heavy atom. The smallest absolute Gasteiger partial charge is 0.255 e. The van der Waals surface area contributed by atoms with E-state index in [2.05, 4.69) is 10.6 Å². The fourth-order valence-corrected chi connectivity index (χ4v) is 3.53. The molecule has 30 heavy (non-hydrogen) atoms. The molecule has 156 valence electrons. The highest BCUT2D eigenvalue weighted by molar-refractivity contribution is 7.80. The SMILES string of the molecule is COc1ccccc1C=CC(=O)NC(=S)Nc1ccccc1C(=O)N1CCCCC1. The van der Waals surface area contributed by atoms with Crippen LogP contribution >= 0.6 is 12.2 Å². The first-order valence-corrected chi connectivity index (χ1v) is 10.3. The summed E-state index contributed by atoms with van der Waals surface area (Å²) in [6.45, 7) is 1.53. The zero-order chi connectivity index (χ0) is 21.3. The minimum atomic E-state index is -0.377. The maximum absolute atomic E-state index is 12.9. The summed E-state index contributed by atoms with van der Waals surface area (Å²) >= 11 is 5.27. The Balaban J connectivity index is 1.63. The molecule has 0 bridgehead atoms. The van der Waals surface area contributed by atoms with Crippen molar-refractivity contribution in [2.75, 3.05) is 25.5 Å². The van der Waals surface area contributed by atoms with Gasteiger partial charge in [-0.05, 0) is 55.8 Å². The molecule has 1 saturated heterocycles. The maximum Gasteiger partial charge on any atom is 0.255 e. The molecule has 2 N–H and O–H groups in total. The molecule has 0 aliphatic carbocycles. The van der Waals surface area contributed by atoms with Crippen LogP contribution in [-0.4, -0.2) is 42.0 Å². The monoisotopic (exact) mass is 423 g/mol. The van der Waals surface area contributed by atoms with Crippen LogP contribution < -0.4 is 15.4 Å². The van der Waals surface area contributed by atoms with Crippen LogP contribution in [0.4, 0.5) is 5.69 Å². The molecule has 1 fully saturated rings. The van der Waals surface area contributed by atoms with Crippen LogP contribution in [0.1, 0.15) is 35.2 Å². The van der Waals surface area contributed by atoms with Gasteiger partial charge in [0.2, 0.25) is 5.91 Å². The summed E-state index contributed by atoms with van der Waals surface area (Å²) in [7, 11) is 1.58. The van der Waals surface area contributed by atoms with Gasteiger partial charge in [-0.3, -0.25) is 14.9 Å².